The molecule has 0 amide bonds. The van der Waals surface area contributed by atoms with Crippen molar-refractivity contribution in [2.24, 2.45) is 0 Å². The van der Waals surface area contributed by atoms with Gasteiger partial charge in [0.2, 0.25) is 0 Å². The summed E-state index contributed by atoms with van der Waals surface area (Å²) in [6, 6.07) is 6.24. The first-order valence-electron chi connectivity index (χ1n) is 6.51. The smallest absolute Gasteiger partial charge is 0.145 e. The second-order valence-corrected chi connectivity index (χ2v) is 4.89. The molecule has 5 nitrogen and oxygen atoms in total. The number of hydrogen-bond acceptors (Lipinski definition) is 5. The molecule has 1 heterocycles. The maximum absolute atomic E-state index is 9.34. The van der Waals surface area contributed by atoms with Gasteiger partial charge >= 0.3 is 0 Å². The van der Waals surface area contributed by atoms with E-state index in [9.17, 15) is 5.11 Å². The van der Waals surface area contributed by atoms with Gasteiger partial charge in [-0.2, -0.15) is 0 Å². The summed E-state index contributed by atoms with van der Waals surface area (Å²) in [5.41, 5.74) is 1.04. The molecular formula is C14H22N2O3. The average Bonchev–Trinajstić information content (AvgIpc) is 2.45. The molecule has 0 spiro atoms. The van der Waals surface area contributed by atoms with Crippen molar-refractivity contribution in [3.63, 3.8) is 0 Å². The van der Waals surface area contributed by atoms with Gasteiger partial charge in [0.05, 0.1) is 26.5 Å². The first kappa shape index (κ1) is 14.0. The Balaban J connectivity index is 2.24. The van der Waals surface area contributed by atoms with Crippen LogP contribution in [0.4, 0.5) is 5.69 Å². The minimum atomic E-state index is 0.0931. The predicted octanol–water partition coefficient (Wildman–Crippen LogP) is 0.863. The zero-order valence-electron chi connectivity index (χ0n) is 11.7. The summed E-state index contributed by atoms with van der Waals surface area (Å²) in [5.74, 6) is 1.58. The molecule has 0 saturated carbocycles. The molecule has 1 aliphatic rings. The molecular weight excluding hydrogens is 244 g/mol. The van der Waals surface area contributed by atoms with Crippen molar-refractivity contribution in [2.45, 2.75) is 19.0 Å². The van der Waals surface area contributed by atoms with Gasteiger partial charge in [-0.25, -0.2) is 0 Å². The Labute approximate surface area is 114 Å². The Hall–Kier alpha value is -1.46. The summed E-state index contributed by atoms with van der Waals surface area (Å²) in [6.07, 6.45) is 0. The number of rotatable bonds is 4. The zero-order chi connectivity index (χ0) is 13.8. The van der Waals surface area contributed by atoms with E-state index in [0.29, 0.717) is 6.04 Å². The van der Waals surface area contributed by atoms with Crippen LogP contribution in [0.5, 0.6) is 11.5 Å². The van der Waals surface area contributed by atoms with Gasteiger partial charge in [0, 0.05) is 31.2 Å². The number of aliphatic hydroxyl groups is 1. The predicted molar refractivity (Wildman–Crippen MR) is 75.2 cm³/mol. The average molecular weight is 266 g/mol. The third-order valence-corrected chi connectivity index (χ3v) is 3.40. The lowest BCUT2D eigenvalue weighted by molar-refractivity contribution is 0.221. The number of nitrogens with one attached hydrogen (secondary N) is 1. The fourth-order valence-corrected chi connectivity index (χ4v) is 2.53. The van der Waals surface area contributed by atoms with Gasteiger partial charge in [0.1, 0.15) is 11.5 Å². The summed E-state index contributed by atoms with van der Waals surface area (Å²) < 4.78 is 10.7. The molecule has 0 aromatic heterocycles. The molecule has 0 bridgehead atoms. The first-order valence-corrected chi connectivity index (χ1v) is 6.51. The van der Waals surface area contributed by atoms with Crippen LogP contribution in [0.15, 0.2) is 18.2 Å². The highest BCUT2D eigenvalue weighted by molar-refractivity contribution is 5.61. The van der Waals surface area contributed by atoms with Crippen LogP contribution in [0.1, 0.15) is 6.92 Å². The lowest BCUT2D eigenvalue weighted by Crippen LogP contribution is -2.57. The van der Waals surface area contributed by atoms with Gasteiger partial charge in [0.25, 0.3) is 0 Å². The quantitative estimate of drug-likeness (QED) is 0.846. The molecule has 2 rings (SSSR count). The summed E-state index contributed by atoms with van der Waals surface area (Å²) in [6.45, 7) is 3.91. The molecule has 0 aliphatic carbocycles. The van der Waals surface area contributed by atoms with Crippen molar-refractivity contribution >= 4 is 5.69 Å². The van der Waals surface area contributed by atoms with Crippen molar-refractivity contribution in [1.82, 2.24) is 5.32 Å². The third-order valence-electron chi connectivity index (χ3n) is 3.40. The van der Waals surface area contributed by atoms with Crippen LogP contribution in [-0.4, -0.2) is 51.1 Å². The maximum Gasteiger partial charge on any atom is 0.145 e. The van der Waals surface area contributed by atoms with Crippen molar-refractivity contribution in [2.75, 3.05) is 38.8 Å². The van der Waals surface area contributed by atoms with E-state index in [4.69, 9.17) is 9.47 Å². The number of aliphatic hydroxyl groups excluding tert-OH is 1. The third kappa shape index (κ3) is 3.11. The highest BCUT2D eigenvalue weighted by Crippen LogP contribution is 2.33. The van der Waals surface area contributed by atoms with E-state index in [0.717, 1.165) is 30.3 Å². The fraction of sp³-hybridized carbons (Fsp3) is 0.571. The molecule has 2 atom stereocenters. The molecule has 2 N–H and O–H groups in total. The van der Waals surface area contributed by atoms with Crippen LogP contribution in [0.25, 0.3) is 0 Å². The number of piperazine rings is 1. The summed E-state index contributed by atoms with van der Waals surface area (Å²) in [5, 5.41) is 12.7. The number of methoxy groups -OCH3 is 2. The molecule has 106 valence electrons. The molecule has 1 aromatic carbocycles. The standard InChI is InChI=1S/C14H22N2O3/c1-10-7-16(8-11(9-17)15-10)13-5-4-12(18-2)6-14(13)19-3/h4-6,10-11,15,17H,7-9H2,1-3H3. The zero-order valence-corrected chi connectivity index (χ0v) is 11.7. The lowest BCUT2D eigenvalue weighted by atomic mass is 10.1. The van der Waals surface area contributed by atoms with E-state index in [2.05, 4.69) is 17.1 Å². The summed E-state index contributed by atoms with van der Waals surface area (Å²) in [7, 11) is 3.30. The van der Waals surface area contributed by atoms with Gasteiger partial charge in [-0.1, -0.05) is 0 Å². The largest absolute Gasteiger partial charge is 0.497 e. The highest BCUT2D eigenvalue weighted by Gasteiger charge is 2.25. The molecule has 0 radical (unpaired) electrons. The Morgan fingerprint density at radius 1 is 1.32 bits per heavy atom. The SMILES string of the molecule is COc1ccc(N2CC(C)NC(CO)C2)c(OC)c1. The molecule has 1 aliphatic heterocycles. The second kappa shape index (κ2) is 6.12. The van der Waals surface area contributed by atoms with Crippen LogP contribution in [0.2, 0.25) is 0 Å². The van der Waals surface area contributed by atoms with E-state index in [1.54, 1.807) is 14.2 Å². The van der Waals surface area contributed by atoms with Gasteiger partial charge in [-0.3, -0.25) is 0 Å². The number of anilines is 1. The minimum Gasteiger partial charge on any atom is -0.497 e. The van der Waals surface area contributed by atoms with E-state index in [1.807, 2.05) is 18.2 Å². The molecule has 1 saturated heterocycles. The van der Waals surface area contributed by atoms with Gasteiger partial charge < -0.3 is 24.8 Å². The minimum absolute atomic E-state index is 0.0931. The molecule has 2 unspecified atom stereocenters. The van der Waals surface area contributed by atoms with E-state index < -0.39 is 0 Å². The van der Waals surface area contributed by atoms with Crippen LogP contribution < -0.4 is 19.7 Å². The summed E-state index contributed by atoms with van der Waals surface area (Å²) in [4.78, 5) is 2.24. The van der Waals surface area contributed by atoms with Gasteiger partial charge in [0.15, 0.2) is 0 Å². The molecule has 1 fully saturated rings. The molecule has 1 aromatic rings. The van der Waals surface area contributed by atoms with E-state index in [-0.39, 0.29) is 12.6 Å². The number of nitrogens with zero attached hydrogens (tertiary/aromatic N) is 1. The van der Waals surface area contributed by atoms with Gasteiger partial charge in [-0.05, 0) is 19.1 Å². The van der Waals surface area contributed by atoms with E-state index in [1.165, 1.54) is 0 Å². The molecule has 5 heteroatoms. The van der Waals surface area contributed by atoms with Crippen molar-refractivity contribution < 1.29 is 14.6 Å². The normalized spacial score (nSPS) is 23.3. The van der Waals surface area contributed by atoms with E-state index >= 15 is 0 Å². The monoisotopic (exact) mass is 266 g/mol. The topological polar surface area (TPSA) is 54.0 Å². The van der Waals surface area contributed by atoms with Crippen LogP contribution in [0.3, 0.4) is 0 Å². The van der Waals surface area contributed by atoms with Crippen molar-refractivity contribution in [3.8, 4) is 11.5 Å². The second-order valence-electron chi connectivity index (χ2n) is 4.89. The fourth-order valence-electron chi connectivity index (χ4n) is 2.53. The van der Waals surface area contributed by atoms with Crippen molar-refractivity contribution in [1.29, 1.82) is 0 Å². The van der Waals surface area contributed by atoms with Crippen molar-refractivity contribution in [3.05, 3.63) is 18.2 Å². The Morgan fingerprint density at radius 3 is 2.74 bits per heavy atom. The lowest BCUT2D eigenvalue weighted by Gasteiger charge is -2.38. The summed E-state index contributed by atoms with van der Waals surface area (Å²) >= 11 is 0. The number of hydrogen-bond donors (Lipinski definition) is 2. The maximum atomic E-state index is 9.34. The Kier molecular flexibility index (Phi) is 4.50. The highest BCUT2D eigenvalue weighted by atomic mass is 16.5. The van der Waals surface area contributed by atoms with Gasteiger partial charge in [-0.15, -0.1) is 0 Å². The molecule has 19 heavy (non-hydrogen) atoms. The van der Waals surface area contributed by atoms with Crippen LogP contribution >= 0.6 is 0 Å². The Morgan fingerprint density at radius 2 is 2.11 bits per heavy atom. The Bertz CT molecular complexity index is 425. The first-order chi connectivity index (χ1) is 9.17. The van der Waals surface area contributed by atoms with Crippen LogP contribution in [0, 0.1) is 0 Å². The van der Waals surface area contributed by atoms with Crippen LogP contribution in [-0.2, 0) is 0 Å². The number of ether oxygens (including phenoxy) is 2. The number of benzene rings is 1.